The third-order valence-electron chi connectivity index (χ3n) is 2.69. The van der Waals surface area contributed by atoms with E-state index in [4.69, 9.17) is 0 Å². The molecule has 0 saturated heterocycles. The summed E-state index contributed by atoms with van der Waals surface area (Å²) in [5.41, 5.74) is 2.63. The van der Waals surface area contributed by atoms with E-state index >= 15 is 0 Å². The van der Waals surface area contributed by atoms with Crippen molar-refractivity contribution in [3.63, 3.8) is 0 Å². The summed E-state index contributed by atoms with van der Waals surface area (Å²) in [6, 6.07) is 0. The lowest BCUT2D eigenvalue weighted by molar-refractivity contribution is 0.249. The van der Waals surface area contributed by atoms with Crippen LogP contribution in [0, 0.1) is 0 Å². The highest BCUT2D eigenvalue weighted by Crippen LogP contribution is 2.17. The first-order chi connectivity index (χ1) is 7.32. The Labute approximate surface area is 101 Å². The Kier molecular flexibility index (Phi) is 5.87. The molecule has 0 spiro atoms. The normalized spacial score (nSPS) is 14.4. The molecule has 0 aliphatic rings. The van der Waals surface area contributed by atoms with E-state index in [9.17, 15) is 0 Å². The Morgan fingerprint density at radius 3 is 2.19 bits per heavy atom. The van der Waals surface area contributed by atoms with E-state index in [1.807, 2.05) is 6.08 Å². The van der Waals surface area contributed by atoms with Gasteiger partial charge >= 0.3 is 0 Å². The predicted molar refractivity (Wildman–Crippen MR) is 74.4 cm³/mol. The van der Waals surface area contributed by atoms with Gasteiger partial charge in [-0.3, -0.25) is 0 Å². The van der Waals surface area contributed by atoms with Gasteiger partial charge in [0, 0.05) is 18.8 Å². The molecule has 0 atom stereocenters. The van der Waals surface area contributed by atoms with Gasteiger partial charge in [-0.25, -0.2) is 0 Å². The Hall–Kier alpha value is -1.24. The van der Waals surface area contributed by atoms with E-state index in [1.165, 1.54) is 11.1 Å². The summed E-state index contributed by atoms with van der Waals surface area (Å²) < 4.78 is 0. The maximum atomic E-state index is 3.70. The lowest BCUT2D eigenvalue weighted by atomic mass is 10.0. The van der Waals surface area contributed by atoms with Crippen LogP contribution in [-0.4, -0.2) is 17.5 Å². The van der Waals surface area contributed by atoms with Gasteiger partial charge in [-0.2, -0.15) is 0 Å². The van der Waals surface area contributed by atoms with Gasteiger partial charge in [-0.1, -0.05) is 30.9 Å². The summed E-state index contributed by atoms with van der Waals surface area (Å²) in [4.78, 5) is 2.22. The third-order valence-corrected chi connectivity index (χ3v) is 2.69. The topological polar surface area (TPSA) is 3.24 Å². The molecule has 0 radical (unpaired) electrons. The molecule has 0 rings (SSSR count). The fraction of sp³-hybridized carbons (Fsp3) is 0.467. The van der Waals surface area contributed by atoms with E-state index in [0.29, 0.717) is 0 Å². The second kappa shape index (κ2) is 6.37. The van der Waals surface area contributed by atoms with Gasteiger partial charge in [0.15, 0.2) is 0 Å². The van der Waals surface area contributed by atoms with Crippen molar-refractivity contribution >= 4 is 0 Å². The van der Waals surface area contributed by atoms with E-state index < -0.39 is 0 Å². The van der Waals surface area contributed by atoms with E-state index in [-0.39, 0.29) is 5.54 Å². The van der Waals surface area contributed by atoms with Crippen LogP contribution in [0.15, 0.2) is 48.2 Å². The van der Waals surface area contributed by atoms with Gasteiger partial charge in [-0.15, -0.1) is 0 Å². The van der Waals surface area contributed by atoms with Crippen molar-refractivity contribution in [2.45, 2.75) is 40.2 Å². The van der Waals surface area contributed by atoms with E-state index in [0.717, 1.165) is 0 Å². The zero-order valence-corrected chi connectivity index (χ0v) is 11.5. The third kappa shape index (κ3) is 5.01. The molecule has 16 heavy (non-hydrogen) atoms. The minimum atomic E-state index is 0.140. The Morgan fingerprint density at radius 2 is 1.81 bits per heavy atom. The molecule has 0 fully saturated rings. The van der Waals surface area contributed by atoms with Gasteiger partial charge in [-0.05, 0) is 45.8 Å². The van der Waals surface area contributed by atoms with Crippen LogP contribution in [0.2, 0.25) is 0 Å². The quantitative estimate of drug-likeness (QED) is 0.637. The zero-order valence-electron chi connectivity index (χ0n) is 11.5. The Morgan fingerprint density at radius 1 is 1.25 bits per heavy atom. The summed E-state index contributed by atoms with van der Waals surface area (Å²) in [6.07, 6.45) is 10.2. The van der Waals surface area contributed by atoms with Crippen molar-refractivity contribution in [2.24, 2.45) is 0 Å². The maximum absolute atomic E-state index is 3.70. The smallest absolute Gasteiger partial charge is 0.0309 e. The lowest BCUT2D eigenvalue weighted by Crippen LogP contribution is -2.33. The van der Waals surface area contributed by atoms with Gasteiger partial charge in [0.05, 0.1) is 0 Å². The van der Waals surface area contributed by atoms with E-state index in [1.54, 1.807) is 6.08 Å². The first-order valence-corrected chi connectivity index (χ1v) is 5.70. The highest BCUT2D eigenvalue weighted by atomic mass is 15.1. The SMILES string of the molecule is C=C\C=C/C(=C/N(C)C(C)(C)C)C(/C)=C\C. The minimum absolute atomic E-state index is 0.140. The summed E-state index contributed by atoms with van der Waals surface area (Å²) in [7, 11) is 2.10. The molecule has 0 unspecified atom stereocenters. The molecule has 0 aromatic heterocycles. The molecule has 1 nitrogen and oxygen atoms in total. The van der Waals surface area contributed by atoms with Gasteiger partial charge in [0.25, 0.3) is 0 Å². The monoisotopic (exact) mass is 219 g/mol. The van der Waals surface area contributed by atoms with Crippen LogP contribution in [0.25, 0.3) is 0 Å². The molecule has 0 saturated carbocycles. The first kappa shape index (κ1) is 14.8. The van der Waals surface area contributed by atoms with Crippen molar-refractivity contribution in [1.29, 1.82) is 0 Å². The highest BCUT2D eigenvalue weighted by molar-refractivity contribution is 5.38. The van der Waals surface area contributed by atoms with Crippen LogP contribution < -0.4 is 0 Å². The highest BCUT2D eigenvalue weighted by Gasteiger charge is 2.14. The fourth-order valence-corrected chi connectivity index (χ4v) is 1.02. The van der Waals surface area contributed by atoms with Crippen molar-refractivity contribution in [2.75, 3.05) is 7.05 Å². The number of nitrogens with zero attached hydrogens (tertiary/aromatic N) is 1. The summed E-state index contributed by atoms with van der Waals surface area (Å²) in [5, 5.41) is 0. The van der Waals surface area contributed by atoms with Crippen molar-refractivity contribution < 1.29 is 0 Å². The van der Waals surface area contributed by atoms with Crippen molar-refractivity contribution in [1.82, 2.24) is 4.90 Å². The number of hydrogen-bond donors (Lipinski definition) is 0. The second-order valence-electron chi connectivity index (χ2n) is 4.93. The zero-order chi connectivity index (χ0) is 12.8. The molecule has 0 aliphatic carbocycles. The van der Waals surface area contributed by atoms with Crippen LogP contribution >= 0.6 is 0 Å². The molecule has 0 N–H and O–H groups in total. The molecule has 90 valence electrons. The molecule has 0 aliphatic heterocycles. The minimum Gasteiger partial charge on any atom is -0.375 e. The number of allylic oxidation sites excluding steroid dienone is 6. The first-order valence-electron chi connectivity index (χ1n) is 5.70. The maximum Gasteiger partial charge on any atom is 0.0309 e. The molecule has 1 heteroatoms. The van der Waals surface area contributed by atoms with Gasteiger partial charge < -0.3 is 4.90 Å². The van der Waals surface area contributed by atoms with E-state index in [2.05, 4.69) is 71.5 Å². The molecular formula is C15H25N. The average Bonchev–Trinajstić information content (AvgIpc) is 2.21. The Bertz CT molecular complexity index is 311. The molecular weight excluding hydrogens is 194 g/mol. The van der Waals surface area contributed by atoms with Gasteiger partial charge in [0.2, 0.25) is 0 Å². The molecule has 0 aromatic carbocycles. The number of hydrogen-bond acceptors (Lipinski definition) is 1. The Balaban J connectivity index is 5.11. The van der Waals surface area contributed by atoms with Crippen molar-refractivity contribution in [3.05, 3.63) is 48.2 Å². The summed E-state index contributed by atoms with van der Waals surface area (Å²) in [5.74, 6) is 0. The molecule has 0 aromatic rings. The standard InChI is InChI=1S/C15H25N/c1-8-10-11-14(13(3)9-2)12-16(7)15(4,5)6/h8-12H,1H2,2-7H3/b11-10-,13-9-,14-12-. The van der Waals surface area contributed by atoms with Crippen LogP contribution in [-0.2, 0) is 0 Å². The molecule has 0 bridgehead atoms. The van der Waals surface area contributed by atoms with Crippen molar-refractivity contribution in [3.8, 4) is 0 Å². The average molecular weight is 219 g/mol. The fourth-order valence-electron chi connectivity index (χ4n) is 1.02. The summed E-state index contributed by atoms with van der Waals surface area (Å²) >= 11 is 0. The second-order valence-corrected chi connectivity index (χ2v) is 4.93. The lowest BCUT2D eigenvalue weighted by Gasteiger charge is -2.31. The largest absolute Gasteiger partial charge is 0.375 e. The molecule has 0 amide bonds. The summed E-state index contributed by atoms with van der Waals surface area (Å²) in [6.45, 7) is 14.5. The van der Waals surface area contributed by atoms with Crippen LogP contribution in [0.3, 0.4) is 0 Å². The van der Waals surface area contributed by atoms with Crippen LogP contribution in [0.4, 0.5) is 0 Å². The van der Waals surface area contributed by atoms with Crippen LogP contribution in [0.1, 0.15) is 34.6 Å². The number of rotatable bonds is 4. The predicted octanol–water partition coefficient (Wildman–Crippen LogP) is 4.31. The van der Waals surface area contributed by atoms with Crippen LogP contribution in [0.5, 0.6) is 0 Å². The van der Waals surface area contributed by atoms with Gasteiger partial charge in [0.1, 0.15) is 0 Å². The molecule has 0 heterocycles.